The first-order valence-corrected chi connectivity index (χ1v) is 2.90. The fraction of sp³-hybridized carbons (Fsp3) is 1.00. The van der Waals surface area contributed by atoms with Crippen molar-refractivity contribution in [2.75, 3.05) is 20.1 Å². The minimum Gasteiger partial charge on any atom is -0.306 e. The Hall–Kier alpha value is -0.0400. The first-order valence-electron chi connectivity index (χ1n) is 3.47. The number of hydrogen-bond donors (Lipinski definition) is 0. The second-order valence-corrected chi connectivity index (χ2v) is 2.17. The van der Waals surface area contributed by atoms with Crippen LogP contribution in [0.25, 0.3) is 0 Å². The van der Waals surface area contributed by atoms with Crippen LogP contribution >= 0.6 is 0 Å². The molecule has 0 N–H and O–H groups in total. The van der Waals surface area contributed by atoms with Gasteiger partial charge in [-0.2, -0.15) is 0 Å². The van der Waals surface area contributed by atoms with Crippen LogP contribution in [0.1, 0.15) is 20.6 Å². The van der Waals surface area contributed by atoms with E-state index in [0.29, 0.717) is 0 Å². The van der Waals surface area contributed by atoms with Gasteiger partial charge >= 0.3 is 0 Å². The maximum Gasteiger partial charge on any atom is 0.0267 e. The number of nitrogens with zero attached hydrogens (tertiary/aromatic N) is 1. The largest absolute Gasteiger partial charge is 0.306 e. The lowest BCUT2D eigenvalue weighted by Crippen LogP contribution is -2.24. The molecule has 0 bridgehead atoms. The van der Waals surface area contributed by atoms with Crippen molar-refractivity contribution in [2.24, 2.45) is 0 Å². The lowest BCUT2D eigenvalue weighted by molar-refractivity contribution is 0.277. The maximum absolute atomic E-state index is 7.34. The van der Waals surface area contributed by atoms with Crippen molar-refractivity contribution in [1.29, 1.82) is 0 Å². The van der Waals surface area contributed by atoms with Gasteiger partial charge in [0.1, 0.15) is 0 Å². The van der Waals surface area contributed by atoms with Crippen LogP contribution in [0.5, 0.6) is 0 Å². The van der Waals surface area contributed by atoms with E-state index in [2.05, 4.69) is 11.9 Å². The van der Waals surface area contributed by atoms with Gasteiger partial charge in [0.2, 0.25) is 0 Å². The second kappa shape index (κ2) is 2.31. The molecule has 1 saturated heterocycles. The summed E-state index contributed by atoms with van der Waals surface area (Å²) in [6.45, 7) is 2.24. The lowest BCUT2D eigenvalue weighted by atomic mass is 10.1. The fourth-order valence-electron chi connectivity index (χ4n) is 0.879. The highest BCUT2D eigenvalue weighted by Crippen LogP contribution is 2.04. The highest BCUT2D eigenvalue weighted by molar-refractivity contribution is 4.58. The van der Waals surface area contributed by atoms with Crippen LogP contribution in [-0.4, -0.2) is 25.0 Å². The smallest absolute Gasteiger partial charge is 0.0267 e. The highest BCUT2D eigenvalue weighted by atomic mass is 15.1. The van der Waals surface area contributed by atoms with Crippen LogP contribution in [-0.2, 0) is 0 Å². The zero-order valence-corrected chi connectivity index (χ0v) is 4.85. The minimum atomic E-state index is 0.228. The fourth-order valence-corrected chi connectivity index (χ4v) is 0.879. The molecule has 1 rings (SSSR count). The molecule has 1 nitrogen and oxygen atoms in total. The van der Waals surface area contributed by atoms with Crippen LogP contribution in [0.2, 0.25) is 0 Å². The average Bonchev–Trinajstić information content (AvgIpc) is 1.77. The summed E-state index contributed by atoms with van der Waals surface area (Å²) in [5.74, 6) is 0. The van der Waals surface area contributed by atoms with E-state index in [9.17, 15) is 0 Å². The van der Waals surface area contributed by atoms with Gasteiger partial charge < -0.3 is 4.90 Å². The number of piperidine rings is 1. The van der Waals surface area contributed by atoms with Gasteiger partial charge in [-0.3, -0.25) is 0 Å². The van der Waals surface area contributed by atoms with Crippen molar-refractivity contribution < 1.29 is 1.37 Å². The van der Waals surface area contributed by atoms with Gasteiger partial charge in [0.05, 0.1) is 0 Å². The van der Waals surface area contributed by atoms with Crippen molar-refractivity contribution >= 4 is 0 Å². The van der Waals surface area contributed by atoms with Crippen molar-refractivity contribution in [1.82, 2.24) is 4.90 Å². The molecule has 1 aliphatic rings. The quantitative estimate of drug-likeness (QED) is 0.441. The SMILES string of the molecule is [3H]C1CCN(C)CC1. The van der Waals surface area contributed by atoms with Crippen LogP contribution in [0.4, 0.5) is 0 Å². The van der Waals surface area contributed by atoms with E-state index in [4.69, 9.17) is 1.37 Å². The van der Waals surface area contributed by atoms with E-state index in [-0.39, 0.29) is 6.40 Å². The Bertz CT molecular complexity index is 56.9. The summed E-state index contributed by atoms with van der Waals surface area (Å²) in [6, 6.07) is 0. The predicted molar refractivity (Wildman–Crippen MR) is 31.3 cm³/mol. The van der Waals surface area contributed by atoms with Gasteiger partial charge in [-0.05, 0) is 33.0 Å². The van der Waals surface area contributed by atoms with Gasteiger partial charge in [0.15, 0.2) is 0 Å². The first kappa shape index (κ1) is 3.90. The topological polar surface area (TPSA) is 3.24 Å². The van der Waals surface area contributed by atoms with E-state index in [0.717, 1.165) is 25.9 Å². The van der Waals surface area contributed by atoms with Crippen LogP contribution in [0, 0.1) is 0 Å². The molecular weight excluding hydrogens is 86.1 g/mol. The summed E-state index contributed by atoms with van der Waals surface area (Å²) in [5, 5.41) is 0. The summed E-state index contributed by atoms with van der Waals surface area (Å²) in [7, 11) is 2.12. The highest BCUT2D eigenvalue weighted by Gasteiger charge is 2.02. The predicted octanol–water partition coefficient (Wildman–Crippen LogP) is 1.10. The minimum absolute atomic E-state index is 0.228. The van der Waals surface area contributed by atoms with Crippen LogP contribution in [0.3, 0.4) is 0 Å². The molecule has 42 valence electrons. The van der Waals surface area contributed by atoms with Gasteiger partial charge in [0, 0.05) is 1.37 Å². The van der Waals surface area contributed by atoms with Crippen LogP contribution < -0.4 is 0 Å². The Balaban J connectivity index is 2.19. The zero-order valence-electron chi connectivity index (χ0n) is 5.85. The number of likely N-dealkylation sites (tertiary alicyclic amines) is 1. The molecule has 0 aromatic carbocycles. The van der Waals surface area contributed by atoms with Gasteiger partial charge in [-0.1, -0.05) is 6.40 Å². The van der Waals surface area contributed by atoms with E-state index < -0.39 is 0 Å². The first-order chi connectivity index (χ1) is 3.79. The molecule has 0 spiro atoms. The molecule has 1 heteroatoms. The third-order valence-corrected chi connectivity index (χ3v) is 1.43. The third-order valence-electron chi connectivity index (χ3n) is 1.43. The molecule has 0 unspecified atom stereocenters. The molecule has 0 radical (unpaired) electrons. The molecule has 0 aromatic heterocycles. The molecule has 0 aliphatic carbocycles. The van der Waals surface area contributed by atoms with Crippen molar-refractivity contribution in [3.8, 4) is 0 Å². The average molecular weight is 101 g/mol. The Morgan fingerprint density at radius 2 is 2.00 bits per heavy atom. The number of rotatable bonds is 0. The zero-order chi connectivity index (χ0) is 5.98. The standard InChI is InChI=1S/C6H13N/c1-7-5-3-2-4-6-7/h2-6H2,1H3/i2T. The molecule has 1 heterocycles. The summed E-state index contributed by atoms with van der Waals surface area (Å²) >= 11 is 0. The summed E-state index contributed by atoms with van der Waals surface area (Å²) in [4.78, 5) is 2.28. The van der Waals surface area contributed by atoms with E-state index in [1.807, 2.05) is 0 Å². The van der Waals surface area contributed by atoms with Crippen LogP contribution in [0.15, 0.2) is 0 Å². The Kier molecular flexibility index (Phi) is 1.29. The van der Waals surface area contributed by atoms with Crippen molar-refractivity contribution in [3.63, 3.8) is 0 Å². The molecule has 7 heavy (non-hydrogen) atoms. The maximum atomic E-state index is 7.34. The van der Waals surface area contributed by atoms with Gasteiger partial charge in [-0.25, -0.2) is 0 Å². The number of hydrogen-bond acceptors (Lipinski definition) is 1. The molecular formula is C6H13N. The summed E-state index contributed by atoms with van der Waals surface area (Å²) in [6.07, 6.45) is 2.36. The monoisotopic (exact) mass is 101 g/mol. The Morgan fingerprint density at radius 3 is 2.43 bits per heavy atom. The summed E-state index contributed by atoms with van der Waals surface area (Å²) < 4.78 is 7.34. The molecule has 0 aromatic rings. The van der Waals surface area contributed by atoms with E-state index in [1.165, 1.54) is 0 Å². The molecule has 0 saturated carbocycles. The Labute approximate surface area is 46.7 Å². The van der Waals surface area contributed by atoms with Gasteiger partial charge in [-0.15, -0.1) is 0 Å². The molecule has 0 atom stereocenters. The normalized spacial score (nSPS) is 30.1. The molecule has 1 aliphatic heterocycles. The summed E-state index contributed by atoms with van der Waals surface area (Å²) in [5.41, 5.74) is 0. The van der Waals surface area contributed by atoms with E-state index in [1.54, 1.807) is 0 Å². The lowest BCUT2D eigenvalue weighted by Gasteiger charge is -2.20. The van der Waals surface area contributed by atoms with Crippen molar-refractivity contribution in [2.45, 2.75) is 19.2 Å². The second-order valence-electron chi connectivity index (χ2n) is 2.17. The Morgan fingerprint density at radius 1 is 1.43 bits per heavy atom. The van der Waals surface area contributed by atoms with E-state index >= 15 is 0 Å². The van der Waals surface area contributed by atoms with Crippen molar-refractivity contribution in [3.05, 3.63) is 0 Å². The molecule has 0 amide bonds. The molecule has 1 fully saturated rings. The van der Waals surface area contributed by atoms with Gasteiger partial charge in [0.25, 0.3) is 0 Å². The third kappa shape index (κ3) is 1.48.